The average Bonchev–Trinajstić information content (AvgIpc) is 2.91. The van der Waals surface area contributed by atoms with E-state index in [4.69, 9.17) is 0 Å². The second kappa shape index (κ2) is 8.07. The van der Waals surface area contributed by atoms with Crippen LogP contribution in [0.25, 0.3) is 10.9 Å². The van der Waals surface area contributed by atoms with Gasteiger partial charge in [-0.05, 0) is 13.0 Å². The first-order valence-electron chi connectivity index (χ1n) is 6.26. The lowest BCUT2D eigenvalue weighted by atomic mass is 10.2. The Labute approximate surface area is 109 Å². The van der Waals surface area contributed by atoms with Crippen LogP contribution in [-0.2, 0) is 0 Å². The molecule has 0 fully saturated rings. The number of fused-ring (bicyclic) bond motifs is 1. The molecule has 0 saturated heterocycles. The normalized spacial score (nSPS) is 8.83. The molecule has 3 aromatic rings. The number of H-pyrrole nitrogens is 1. The Kier molecular flexibility index (Phi) is 6.26. The van der Waals surface area contributed by atoms with Crippen LogP contribution >= 0.6 is 0 Å². The Morgan fingerprint density at radius 2 is 1.44 bits per heavy atom. The maximum Gasteiger partial charge on any atom is 0.0650 e. The van der Waals surface area contributed by atoms with E-state index in [9.17, 15) is 0 Å². The van der Waals surface area contributed by atoms with Crippen molar-refractivity contribution in [3.8, 4) is 0 Å². The summed E-state index contributed by atoms with van der Waals surface area (Å²) >= 11 is 0. The molecule has 2 aromatic carbocycles. The van der Waals surface area contributed by atoms with Crippen molar-refractivity contribution >= 4 is 10.9 Å². The van der Waals surface area contributed by atoms with E-state index in [1.54, 1.807) is 0 Å². The standard InChI is InChI=1S/C7H6N2.C7H8.C2H6/c1-2-4-7-6(3-1)5-8-9-7;1-7-5-3-2-4-6-7;1-2/h1-5H,(H,8,9);2-6H,1H3;1-2H3. The van der Waals surface area contributed by atoms with E-state index in [1.807, 2.05) is 62.5 Å². The third-order valence-corrected chi connectivity index (χ3v) is 2.29. The summed E-state index contributed by atoms with van der Waals surface area (Å²) in [6, 6.07) is 18.3. The maximum absolute atomic E-state index is 3.88. The Bertz CT molecular complexity index is 511. The number of aryl methyl sites for hydroxylation is 1. The molecule has 0 radical (unpaired) electrons. The van der Waals surface area contributed by atoms with E-state index >= 15 is 0 Å². The first-order valence-corrected chi connectivity index (χ1v) is 6.26. The fourth-order valence-electron chi connectivity index (χ4n) is 1.42. The largest absolute Gasteiger partial charge is 0.278 e. The fourth-order valence-corrected chi connectivity index (χ4v) is 1.42. The zero-order valence-electron chi connectivity index (χ0n) is 11.2. The van der Waals surface area contributed by atoms with Crippen LogP contribution in [0.5, 0.6) is 0 Å². The van der Waals surface area contributed by atoms with Gasteiger partial charge >= 0.3 is 0 Å². The molecule has 0 atom stereocenters. The van der Waals surface area contributed by atoms with Crippen molar-refractivity contribution in [3.63, 3.8) is 0 Å². The molecule has 2 nitrogen and oxygen atoms in total. The SMILES string of the molecule is CC.Cc1ccccc1.c1ccc2[nH]ncc2c1. The Morgan fingerprint density at radius 3 is 2.00 bits per heavy atom. The molecule has 1 N–H and O–H groups in total. The Hall–Kier alpha value is -2.09. The maximum atomic E-state index is 3.88. The minimum absolute atomic E-state index is 1.09. The molecule has 3 rings (SSSR count). The number of para-hydroxylation sites is 1. The van der Waals surface area contributed by atoms with Crippen LogP contribution in [0.3, 0.4) is 0 Å². The summed E-state index contributed by atoms with van der Waals surface area (Å²) in [7, 11) is 0. The molecule has 2 heteroatoms. The predicted molar refractivity (Wildman–Crippen MR) is 78.6 cm³/mol. The summed E-state index contributed by atoms with van der Waals surface area (Å²) in [6.07, 6.45) is 1.81. The van der Waals surface area contributed by atoms with Gasteiger partial charge in [-0.25, -0.2) is 0 Å². The minimum Gasteiger partial charge on any atom is -0.278 e. The summed E-state index contributed by atoms with van der Waals surface area (Å²) in [5, 5.41) is 7.91. The Morgan fingerprint density at radius 1 is 0.833 bits per heavy atom. The summed E-state index contributed by atoms with van der Waals surface area (Å²) in [6.45, 7) is 6.08. The van der Waals surface area contributed by atoms with Crippen LogP contribution in [0.2, 0.25) is 0 Å². The molecule has 1 heterocycles. The van der Waals surface area contributed by atoms with Gasteiger partial charge < -0.3 is 0 Å². The number of hydrogen-bond donors (Lipinski definition) is 1. The highest BCUT2D eigenvalue weighted by atomic mass is 15.1. The number of nitrogens with one attached hydrogen (secondary N) is 1. The molecule has 18 heavy (non-hydrogen) atoms. The summed E-state index contributed by atoms with van der Waals surface area (Å²) < 4.78 is 0. The molecule has 0 saturated carbocycles. The van der Waals surface area contributed by atoms with Crippen LogP contribution in [-0.4, -0.2) is 10.2 Å². The van der Waals surface area contributed by atoms with E-state index in [0.717, 1.165) is 10.9 Å². The molecule has 0 unspecified atom stereocenters. The number of aromatic nitrogens is 2. The molecule has 94 valence electrons. The molecule has 0 aliphatic rings. The quantitative estimate of drug-likeness (QED) is 0.612. The van der Waals surface area contributed by atoms with Gasteiger partial charge in [0.15, 0.2) is 0 Å². The second-order valence-electron chi connectivity index (χ2n) is 3.61. The lowest BCUT2D eigenvalue weighted by Crippen LogP contribution is -1.63. The van der Waals surface area contributed by atoms with Gasteiger partial charge in [0, 0.05) is 5.39 Å². The number of hydrogen-bond acceptors (Lipinski definition) is 1. The topological polar surface area (TPSA) is 28.7 Å². The van der Waals surface area contributed by atoms with E-state index in [0.29, 0.717) is 0 Å². The van der Waals surface area contributed by atoms with Gasteiger partial charge in [-0.1, -0.05) is 67.9 Å². The van der Waals surface area contributed by atoms with Crippen molar-refractivity contribution in [3.05, 3.63) is 66.4 Å². The first-order chi connectivity index (χ1) is 8.86. The second-order valence-corrected chi connectivity index (χ2v) is 3.61. The molecule has 0 amide bonds. The summed E-state index contributed by atoms with van der Waals surface area (Å²) in [5.41, 5.74) is 2.42. The number of nitrogens with zero attached hydrogens (tertiary/aromatic N) is 1. The van der Waals surface area contributed by atoms with E-state index in [1.165, 1.54) is 5.56 Å². The van der Waals surface area contributed by atoms with Gasteiger partial charge in [0.2, 0.25) is 0 Å². The van der Waals surface area contributed by atoms with E-state index < -0.39 is 0 Å². The molecule has 0 bridgehead atoms. The van der Waals surface area contributed by atoms with Crippen molar-refractivity contribution in [2.75, 3.05) is 0 Å². The van der Waals surface area contributed by atoms with Crippen molar-refractivity contribution in [1.82, 2.24) is 10.2 Å². The predicted octanol–water partition coefficient (Wildman–Crippen LogP) is 4.58. The Balaban J connectivity index is 0.000000163. The minimum atomic E-state index is 1.09. The lowest BCUT2D eigenvalue weighted by Gasteiger charge is -1.82. The zero-order valence-corrected chi connectivity index (χ0v) is 11.2. The van der Waals surface area contributed by atoms with Gasteiger partial charge in [0.05, 0.1) is 11.7 Å². The van der Waals surface area contributed by atoms with Crippen LogP contribution in [0, 0.1) is 6.92 Å². The molecule has 0 aliphatic heterocycles. The van der Waals surface area contributed by atoms with Crippen molar-refractivity contribution in [2.45, 2.75) is 20.8 Å². The van der Waals surface area contributed by atoms with E-state index in [-0.39, 0.29) is 0 Å². The third kappa shape index (κ3) is 4.42. The van der Waals surface area contributed by atoms with Crippen LogP contribution < -0.4 is 0 Å². The van der Waals surface area contributed by atoms with Crippen LogP contribution in [0.4, 0.5) is 0 Å². The molecule has 1 aromatic heterocycles. The first kappa shape index (κ1) is 14.0. The highest BCUT2D eigenvalue weighted by molar-refractivity contribution is 5.77. The zero-order chi connectivity index (χ0) is 13.2. The molecule has 0 spiro atoms. The fraction of sp³-hybridized carbons (Fsp3) is 0.188. The highest BCUT2D eigenvalue weighted by Crippen LogP contribution is 2.06. The van der Waals surface area contributed by atoms with Crippen molar-refractivity contribution in [2.24, 2.45) is 0 Å². The number of rotatable bonds is 0. The van der Waals surface area contributed by atoms with Gasteiger partial charge in [-0.3, -0.25) is 5.10 Å². The monoisotopic (exact) mass is 240 g/mol. The van der Waals surface area contributed by atoms with E-state index in [2.05, 4.69) is 29.3 Å². The third-order valence-electron chi connectivity index (χ3n) is 2.29. The van der Waals surface area contributed by atoms with Crippen molar-refractivity contribution in [1.29, 1.82) is 0 Å². The average molecular weight is 240 g/mol. The highest BCUT2D eigenvalue weighted by Gasteiger charge is 1.88. The number of benzene rings is 2. The number of aromatic amines is 1. The van der Waals surface area contributed by atoms with Gasteiger partial charge in [-0.2, -0.15) is 5.10 Å². The van der Waals surface area contributed by atoms with Crippen LogP contribution in [0.15, 0.2) is 60.8 Å². The molecular weight excluding hydrogens is 220 g/mol. The smallest absolute Gasteiger partial charge is 0.0650 e. The lowest BCUT2D eigenvalue weighted by molar-refractivity contribution is 1.12. The van der Waals surface area contributed by atoms with Gasteiger partial charge in [0.25, 0.3) is 0 Å². The van der Waals surface area contributed by atoms with Gasteiger partial charge in [0.1, 0.15) is 0 Å². The molecular formula is C16H20N2. The van der Waals surface area contributed by atoms with Crippen LogP contribution in [0.1, 0.15) is 19.4 Å². The molecule has 0 aliphatic carbocycles. The van der Waals surface area contributed by atoms with Crippen molar-refractivity contribution < 1.29 is 0 Å². The summed E-state index contributed by atoms with van der Waals surface area (Å²) in [4.78, 5) is 0. The van der Waals surface area contributed by atoms with Gasteiger partial charge in [-0.15, -0.1) is 0 Å². The summed E-state index contributed by atoms with van der Waals surface area (Å²) in [5.74, 6) is 0.